The summed E-state index contributed by atoms with van der Waals surface area (Å²) in [6.45, 7) is 0.614. The smallest absolute Gasteiger partial charge is 0.132 e. The molecule has 0 radical (unpaired) electrons. The topological polar surface area (TPSA) is 64.7 Å². The summed E-state index contributed by atoms with van der Waals surface area (Å²) in [7, 11) is 0. The zero-order chi connectivity index (χ0) is 11.2. The maximum Gasteiger partial charge on any atom is 0.132 e. The Labute approximate surface area is 94.6 Å². The first-order valence-corrected chi connectivity index (χ1v) is 5.28. The van der Waals surface area contributed by atoms with Crippen LogP contribution in [-0.4, -0.2) is 21.5 Å². The van der Waals surface area contributed by atoms with Gasteiger partial charge in [0.2, 0.25) is 0 Å². The van der Waals surface area contributed by atoms with E-state index in [4.69, 9.17) is 5.73 Å². The molecule has 0 aliphatic rings. The highest BCUT2D eigenvalue weighted by molar-refractivity contribution is 5.15. The van der Waals surface area contributed by atoms with Crippen molar-refractivity contribution in [1.82, 2.24) is 15.0 Å². The van der Waals surface area contributed by atoms with E-state index in [1.807, 2.05) is 24.4 Å². The van der Waals surface area contributed by atoms with E-state index in [0.29, 0.717) is 13.0 Å². The van der Waals surface area contributed by atoms with Gasteiger partial charge in [-0.05, 0) is 24.2 Å². The minimum absolute atomic E-state index is 0.614. The number of nitrogens with zero attached hydrogens (tertiary/aromatic N) is 3. The third-order valence-electron chi connectivity index (χ3n) is 2.25. The van der Waals surface area contributed by atoms with Gasteiger partial charge in [-0.25, -0.2) is 9.97 Å². The molecule has 4 nitrogen and oxygen atoms in total. The fraction of sp³-hybridized carbons (Fsp3) is 0.250. The molecular formula is C12H14N4. The number of pyridine rings is 1. The van der Waals surface area contributed by atoms with Gasteiger partial charge < -0.3 is 5.73 Å². The second-order valence-electron chi connectivity index (χ2n) is 3.54. The molecule has 0 aromatic carbocycles. The van der Waals surface area contributed by atoms with Crippen molar-refractivity contribution in [2.45, 2.75) is 12.8 Å². The van der Waals surface area contributed by atoms with Crippen molar-refractivity contribution in [1.29, 1.82) is 0 Å². The largest absolute Gasteiger partial charge is 0.330 e. The highest BCUT2D eigenvalue weighted by atomic mass is 14.9. The van der Waals surface area contributed by atoms with Gasteiger partial charge in [0.25, 0.3) is 0 Å². The summed E-state index contributed by atoms with van der Waals surface area (Å²) in [6, 6.07) is 5.84. The van der Waals surface area contributed by atoms with Crippen LogP contribution < -0.4 is 5.73 Å². The van der Waals surface area contributed by atoms with Crippen LogP contribution >= 0.6 is 0 Å². The molecule has 0 spiro atoms. The molecule has 2 aromatic rings. The van der Waals surface area contributed by atoms with Gasteiger partial charge >= 0.3 is 0 Å². The van der Waals surface area contributed by atoms with Crippen molar-refractivity contribution >= 4 is 0 Å². The normalized spacial score (nSPS) is 10.3. The fourth-order valence-electron chi connectivity index (χ4n) is 1.50. The Balaban J connectivity index is 2.12. The van der Waals surface area contributed by atoms with Gasteiger partial charge in [-0.3, -0.25) is 4.98 Å². The van der Waals surface area contributed by atoms with E-state index >= 15 is 0 Å². The molecule has 0 aliphatic carbocycles. The van der Waals surface area contributed by atoms with Crippen LogP contribution in [0.4, 0.5) is 0 Å². The lowest BCUT2D eigenvalue weighted by Crippen LogP contribution is -2.06. The van der Waals surface area contributed by atoms with Gasteiger partial charge in [-0.1, -0.05) is 6.07 Å². The van der Waals surface area contributed by atoms with Crippen LogP contribution in [-0.2, 0) is 12.8 Å². The summed E-state index contributed by atoms with van der Waals surface area (Å²) in [5.41, 5.74) is 7.61. The number of rotatable bonds is 4. The zero-order valence-electron chi connectivity index (χ0n) is 9.00. The SMILES string of the molecule is NCCc1ccnc(Cc2cccnc2)n1. The number of aromatic nitrogens is 3. The van der Waals surface area contributed by atoms with E-state index in [9.17, 15) is 0 Å². The van der Waals surface area contributed by atoms with Crippen LogP contribution in [0.25, 0.3) is 0 Å². The summed E-state index contributed by atoms with van der Waals surface area (Å²) in [5, 5.41) is 0. The van der Waals surface area contributed by atoms with Gasteiger partial charge in [-0.15, -0.1) is 0 Å². The first-order valence-electron chi connectivity index (χ1n) is 5.28. The van der Waals surface area contributed by atoms with Gasteiger partial charge in [-0.2, -0.15) is 0 Å². The molecule has 0 bridgehead atoms. The maximum atomic E-state index is 5.49. The number of nitrogens with two attached hydrogens (primary N) is 1. The Morgan fingerprint density at radius 1 is 1.19 bits per heavy atom. The van der Waals surface area contributed by atoms with Crippen LogP contribution in [0.1, 0.15) is 17.1 Å². The maximum absolute atomic E-state index is 5.49. The molecule has 2 rings (SSSR count). The average molecular weight is 214 g/mol. The van der Waals surface area contributed by atoms with E-state index in [1.54, 1.807) is 12.4 Å². The second-order valence-corrected chi connectivity index (χ2v) is 3.54. The molecule has 16 heavy (non-hydrogen) atoms. The Morgan fingerprint density at radius 2 is 2.12 bits per heavy atom. The Bertz CT molecular complexity index is 442. The number of hydrogen-bond donors (Lipinski definition) is 1. The molecule has 0 amide bonds. The van der Waals surface area contributed by atoms with Crippen molar-refractivity contribution in [3.8, 4) is 0 Å². The summed E-state index contributed by atoms with van der Waals surface area (Å²) < 4.78 is 0. The summed E-state index contributed by atoms with van der Waals surface area (Å²) in [5.74, 6) is 0.818. The highest BCUT2D eigenvalue weighted by Gasteiger charge is 2.00. The predicted molar refractivity (Wildman–Crippen MR) is 61.8 cm³/mol. The molecule has 0 unspecified atom stereocenters. The molecule has 0 saturated carbocycles. The second kappa shape index (κ2) is 5.32. The van der Waals surface area contributed by atoms with Crippen LogP contribution in [0.15, 0.2) is 36.8 Å². The molecule has 0 fully saturated rings. The van der Waals surface area contributed by atoms with E-state index in [2.05, 4.69) is 15.0 Å². The molecule has 0 aliphatic heterocycles. The molecule has 2 N–H and O–H groups in total. The van der Waals surface area contributed by atoms with E-state index in [0.717, 1.165) is 23.5 Å². The summed E-state index contributed by atoms with van der Waals surface area (Å²) >= 11 is 0. The van der Waals surface area contributed by atoms with Crippen LogP contribution in [0.2, 0.25) is 0 Å². The van der Waals surface area contributed by atoms with E-state index in [1.165, 1.54) is 0 Å². The Kier molecular flexibility index (Phi) is 3.56. The molecular weight excluding hydrogens is 200 g/mol. The lowest BCUT2D eigenvalue weighted by Gasteiger charge is -2.02. The average Bonchev–Trinajstić information content (AvgIpc) is 2.31. The molecule has 82 valence electrons. The predicted octanol–water partition coefficient (Wildman–Crippen LogP) is 0.964. The van der Waals surface area contributed by atoms with Gasteiger partial charge in [0.1, 0.15) is 5.82 Å². The van der Waals surface area contributed by atoms with Crippen LogP contribution in [0, 0.1) is 0 Å². The minimum atomic E-state index is 0.614. The molecule has 0 saturated heterocycles. The monoisotopic (exact) mass is 214 g/mol. The Hall–Kier alpha value is -1.81. The van der Waals surface area contributed by atoms with E-state index in [-0.39, 0.29) is 0 Å². The van der Waals surface area contributed by atoms with Crippen molar-refractivity contribution in [3.05, 3.63) is 53.9 Å². The first-order chi connectivity index (χ1) is 7.88. The van der Waals surface area contributed by atoms with Gasteiger partial charge in [0.05, 0.1) is 0 Å². The third-order valence-corrected chi connectivity index (χ3v) is 2.25. The quantitative estimate of drug-likeness (QED) is 0.823. The molecule has 2 aromatic heterocycles. The highest BCUT2D eigenvalue weighted by Crippen LogP contribution is 2.04. The summed E-state index contributed by atoms with van der Waals surface area (Å²) in [6.07, 6.45) is 6.88. The van der Waals surface area contributed by atoms with Crippen molar-refractivity contribution in [3.63, 3.8) is 0 Å². The summed E-state index contributed by atoms with van der Waals surface area (Å²) in [4.78, 5) is 12.7. The third kappa shape index (κ3) is 2.84. The molecule has 2 heterocycles. The molecule has 0 atom stereocenters. The lowest BCUT2D eigenvalue weighted by atomic mass is 10.2. The standard InChI is InChI=1S/C12H14N4/c13-5-3-11-4-7-15-12(16-11)8-10-2-1-6-14-9-10/h1-2,4,6-7,9H,3,5,8,13H2. The fourth-order valence-corrected chi connectivity index (χ4v) is 1.50. The Morgan fingerprint density at radius 3 is 2.88 bits per heavy atom. The van der Waals surface area contributed by atoms with E-state index < -0.39 is 0 Å². The van der Waals surface area contributed by atoms with Gasteiger partial charge in [0, 0.05) is 37.1 Å². The van der Waals surface area contributed by atoms with Crippen LogP contribution in [0.5, 0.6) is 0 Å². The van der Waals surface area contributed by atoms with Crippen molar-refractivity contribution in [2.24, 2.45) is 5.73 Å². The zero-order valence-corrected chi connectivity index (χ0v) is 9.00. The lowest BCUT2D eigenvalue weighted by molar-refractivity contribution is 0.865. The molecule has 4 heteroatoms. The van der Waals surface area contributed by atoms with Crippen LogP contribution in [0.3, 0.4) is 0 Å². The minimum Gasteiger partial charge on any atom is -0.330 e. The van der Waals surface area contributed by atoms with Crippen molar-refractivity contribution < 1.29 is 0 Å². The van der Waals surface area contributed by atoms with Gasteiger partial charge in [0.15, 0.2) is 0 Å². The first kappa shape index (κ1) is 10.7. The number of hydrogen-bond acceptors (Lipinski definition) is 4. The van der Waals surface area contributed by atoms with Crippen molar-refractivity contribution in [2.75, 3.05) is 6.54 Å².